The smallest absolute Gasteiger partial charge is 0.237 e. The molecule has 0 saturated carbocycles. The van der Waals surface area contributed by atoms with Crippen molar-refractivity contribution in [3.05, 3.63) is 87.1 Å². The molecule has 2 atom stereocenters. The van der Waals surface area contributed by atoms with Crippen LogP contribution < -0.4 is 4.74 Å². The lowest BCUT2D eigenvalue weighted by Crippen LogP contribution is -2.48. The molecule has 0 aliphatic carbocycles. The van der Waals surface area contributed by atoms with E-state index in [0.29, 0.717) is 26.3 Å². The van der Waals surface area contributed by atoms with E-state index in [0.717, 1.165) is 36.3 Å². The minimum Gasteiger partial charge on any atom is -0.491 e. The molecule has 2 aromatic carbocycles. The predicted molar refractivity (Wildman–Crippen MR) is 153 cm³/mol. The topological polar surface area (TPSA) is 62.2 Å². The summed E-state index contributed by atoms with van der Waals surface area (Å²) >= 11 is 1.76. The Morgan fingerprint density at radius 2 is 2.00 bits per heavy atom. The second-order valence-electron chi connectivity index (χ2n) is 10.1. The fourth-order valence-corrected chi connectivity index (χ4v) is 6.00. The Bertz CT molecular complexity index is 1170. The van der Waals surface area contributed by atoms with Crippen LogP contribution in [-0.2, 0) is 22.6 Å². The minimum atomic E-state index is -0.661. The lowest BCUT2D eigenvalue weighted by atomic mass is 10.00. The molecule has 1 amide bonds. The van der Waals surface area contributed by atoms with E-state index in [4.69, 9.17) is 9.47 Å². The van der Waals surface area contributed by atoms with Gasteiger partial charge in [0.25, 0.3) is 0 Å². The number of carbonyl (C=O) groups excluding carboxylic acids is 1. The average Bonchev–Trinajstić information content (AvgIpc) is 3.38. The van der Waals surface area contributed by atoms with Gasteiger partial charge in [-0.25, -0.2) is 0 Å². The number of hydrogen-bond donors (Lipinski definition) is 1. The fraction of sp³-hybridized carbons (Fsp3) is 0.452. The molecule has 0 unspecified atom stereocenters. The summed E-state index contributed by atoms with van der Waals surface area (Å²) in [5, 5.41) is 12.8. The molecule has 0 radical (unpaired) electrons. The summed E-state index contributed by atoms with van der Waals surface area (Å²) in [6.07, 6.45) is 1.10. The van der Waals surface area contributed by atoms with Gasteiger partial charge >= 0.3 is 0 Å². The molecule has 38 heavy (non-hydrogen) atoms. The Kier molecular flexibility index (Phi) is 10.4. The highest BCUT2D eigenvalue weighted by Gasteiger charge is 2.33. The maximum atomic E-state index is 13.6. The molecule has 6 nitrogen and oxygen atoms in total. The van der Waals surface area contributed by atoms with Crippen LogP contribution in [0.15, 0.2) is 60.0 Å². The summed E-state index contributed by atoms with van der Waals surface area (Å²) in [4.78, 5) is 19.0. The quantitative estimate of drug-likeness (QED) is 0.327. The van der Waals surface area contributed by atoms with Crippen LogP contribution in [0.3, 0.4) is 0 Å². The largest absolute Gasteiger partial charge is 0.491 e. The van der Waals surface area contributed by atoms with Crippen LogP contribution in [0.25, 0.3) is 0 Å². The summed E-state index contributed by atoms with van der Waals surface area (Å²) in [5.41, 5.74) is 4.57. The number of aryl methyl sites for hydroxylation is 2. The van der Waals surface area contributed by atoms with Gasteiger partial charge in [0, 0.05) is 18.0 Å². The molecule has 204 valence electrons. The van der Waals surface area contributed by atoms with Crippen molar-refractivity contribution < 1.29 is 19.4 Å². The molecule has 1 aromatic heterocycles. The van der Waals surface area contributed by atoms with Crippen molar-refractivity contribution in [3.63, 3.8) is 0 Å². The molecular formula is C31H40N2O4S. The molecule has 1 N–H and O–H groups in total. The first-order valence-corrected chi connectivity index (χ1v) is 14.4. The standard InChI is InChI=1S/C31H40N2O4S/c1-4-14-32(18-26(34)21-36-20-25-8-6-5-7-9-25)19-31(35)33-15-12-30-27(13-16-38-30)28(33)22-37-29-11-10-23(2)17-24(29)3/h5-11,13,16-17,26,28,34H,4,12,14-15,18-22H2,1-3H3/t26-,28+/m0/s1. The van der Waals surface area contributed by atoms with Gasteiger partial charge in [0.05, 0.1) is 31.9 Å². The lowest BCUT2D eigenvalue weighted by molar-refractivity contribution is -0.136. The average molecular weight is 537 g/mol. The van der Waals surface area contributed by atoms with Gasteiger partial charge in [0.1, 0.15) is 12.4 Å². The molecule has 4 rings (SSSR count). The third-order valence-corrected chi connectivity index (χ3v) is 7.93. The van der Waals surface area contributed by atoms with Gasteiger partial charge < -0.3 is 19.5 Å². The highest BCUT2D eigenvalue weighted by atomic mass is 32.1. The van der Waals surface area contributed by atoms with E-state index in [1.54, 1.807) is 11.3 Å². The number of ether oxygens (including phenoxy) is 2. The molecule has 3 aromatic rings. The molecule has 2 heterocycles. The molecule has 1 aliphatic heterocycles. The van der Waals surface area contributed by atoms with Crippen molar-refractivity contribution in [2.75, 3.05) is 39.4 Å². The van der Waals surface area contributed by atoms with Crippen LogP contribution in [0.4, 0.5) is 0 Å². The zero-order valence-corrected chi connectivity index (χ0v) is 23.6. The van der Waals surface area contributed by atoms with E-state index in [1.807, 2.05) is 46.2 Å². The van der Waals surface area contributed by atoms with Gasteiger partial charge in [-0.1, -0.05) is 55.0 Å². The van der Waals surface area contributed by atoms with Crippen LogP contribution in [0.2, 0.25) is 0 Å². The fourth-order valence-electron chi connectivity index (χ4n) is 5.08. The number of aliphatic hydroxyl groups excluding tert-OH is 1. The van der Waals surface area contributed by atoms with Crippen LogP contribution in [0, 0.1) is 13.8 Å². The Hall–Kier alpha value is -2.71. The molecule has 0 bridgehead atoms. The number of carbonyl (C=O) groups is 1. The molecule has 0 saturated heterocycles. The Labute approximate surface area is 230 Å². The predicted octanol–water partition coefficient (Wildman–Crippen LogP) is 5.16. The van der Waals surface area contributed by atoms with Gasteiger partial charge in [0.2, 0.25) is 5.91 Å². The second kappa shape index (κ2) is 13.9. The first-order chi connectivity index (χ1) is 18.4. The van der Waals surface area contributed by atoms with E-state index >= 15 is 0 Å². The highest BCUT2D eigenvalue weighted by molar-refractivity contribution is 7.10. The Morgan fingerprint density at radius 3 is 2.76 bits per heavy atom. The normalized spacial score (nSPS) is 15.9. The number of aliphatic hydroxyl groups is 1. The zero-order chi connectivity index (χ0) is 26.9. The van der Waals surface area contributed by atoms with Crippen LogP contribution in [-0.4, -0.2) is 66.3 Å². The van der Waals surface area contributed by atoms with Gasteiger partial charge in [0.15, 0.2) is 0 Å². The number of amides is 1. The Balaban J connectivity index is 1.37. The maximum Gasteiger partial charge on any atom is 0.237 e. The molecule has 1 aliphatic rings. The number of rotatable bonds is 13. The van der Waals surface area contributed by atoms with Crippen molar-refractivity contribution in [1.82, 2.24) is 9.80 Å². The van der Waals surface area contributed by atoms with Gasteiger partial charge in [-0.15, -0.1) is 11.3 Å². The maximum absolute atomic E-state index is 13.6. The van der Waals surface area contributed by atoms with Crippen molar-refractivity contribution in [2.45, 2.75) is 52.4 Å². The molecule has 0 fully saturated rings. The third kappa shape index (κ3) is 7.67. The van der Waals surface area contributed by atoms with Crippen molar-refractivity contribution >= 4 is 17.2 Å². The first-order valence-electron chi connectivity index (χ1n) is 13.5. The van der Waals surface area contributed by atoms with E-state index in [2.05, 4.69) is 44.4 Å². The number of benzene rings is 2. The van der Waals surface area contributed by atoms with E-state index in [9.17, 15) is 9.90 Å². The number of thiophene rings is 1. The summed E-state index contributed by atoms with van der Waals surface area (Å²) in [7, 11) is 0. The van der Waals surface area contributed by atoms with Crippen LogP contribution >= 0.6 is 11.3 Å². The molecular weight excluding hydrogens is 496 g/mol. The number of hydrogen-bond acceptors (Lipinski definition) is 6. The zero-order valence-electron chi connectivity index (χ0n) is 22.8. The lowest BCUT2D eigenvalue weighted by Gasteiger charge is -2.37. The summed E-state index contributed by atoms with van der Waals surface area (Å²) in [6.45, 7) is 9.42. The third-order valence-electron chi connectivity index (χ3n) is 6.93. The monoisotopic (exact) mass is 536 g/mol. The highest BCUT2D eigenvalue weighted by Crippen LogP contribution is 2.34. The molecule has 0 spiro atoms. The second-order valence-corrected chi connectivity index (χ2v) is 11.1. The SMILES string of the molecule is CCCN(CC(=O)N1CCc2sccc2[C@H]1COc1ccc(C)cc1C)C[C@H](O)COCc1ccccc1. The van der Waals surface area contributed by atoms with Crippen molar-refractivity contribution in [2.24, 2.45) is 0 Å². The van der Waals surface area contributed by atoms with Gasteiger partial charge in [-0.05, 0) is 67.4 Å². The molecule has 7 heteroatoms. The minimum absolute atomic E-state index is 0.0712. The van der Waals surface area contributed by atoms with Crippen LogP contribution in [0.5, 0.6) is 5.75 Å². The van der Waals surface area contributed by atoms with Crippen LogP contribution in [0.1, 0.15) is 46.5 Å². The van der Waals surface area contributed by atoms with Gasteiger partial charge in [-0.3, -0.25) is 9.69 Å². The Morgan fingerprint density at radius 1 is 1.18 bits per heavy atom. The first kappa shape index (κ1) is 28.3. The summed E-state index contributed by atoms with van der Waals surface area (Å²) in [5.74, 6) is 0.929. The number of fused-ring (bicyclic) bond motifs is 1. The number of nitrogens with zero attached hydrogens (tertiary/aromatic N) is 2. The van der Waals surface area contributed by atoms with Crippen molar-refractivity contribution in [3.8, 4) is 5.75 Å². The van der Waals surface area contributed by atoms with Gasteiger partial charge in [-0.2, -0.15) is 0 Å². The summed E-state index contributed by atoms with van der Waals surface area (Å²) < 4.78 is 12.0. The van der Waals surface area contributed by atoms with E-state index < -0.39 is 6.10 Å². The van der Waals surface area contributed by atoms with E-state index in [-0.39, 0.29) is 25.1 Å². The van der Waals surface area contributed by atoms with Crippen molar-refractivity contribution in [1.29, 1.82) is 0 Å². The summed E-state index contributed by atoms with van der Waals surface area (Å²) in [6, 6.07) is 18.1. The van der Waals surface area contributed by atoms with E-state index in [1.165, 1.54) is 16.0 Å².